The molecule has 0 aliphatic carbocycles. The van der Waals surface area contributed by atoms with Gasteiger partial charge in [-0.25, -0.2) is 9.49 Å². The molecule has 1 fully saturated rings. The summed E-state index contributed by atoms with van der Waals surface area (Å²) in [5, 5.41) is 16.0. The van der Waals surface area contributed by atoms with Crippen molar-refractivity contribution in [1.29, 1.82) is 0 Å². The van der Waals surface area contributed by atoms with Gasteiger partial charge in [0.15, 0.2) is 5.82 Å². The van der Waals surface area contributed by atoms with Crippen molar-refractivity contribution in [2.24, 2.45) is 0 Å². The number of benzene rings is 2. The molecule has 4 aromatic rings. The van der Waals surface area contributed by atoms with Crippen molar-refractivity contribution in [3.63, 3.8) is 0 Å². The predicted molar refractivity (Wildman–Crippen MR) is 126 cm³/mol. The second kappa shape index (κ2) is 9.01. The molecule has 2 aromatic carbocycles. The molecule has 1 N–H and O–H groups in total. The fourth-order valence-electron chi connectivity index (χ4n) is 4.43. The van der Waals surface area contributed by atoms with Crippen LogP contribution in [0.1, 0.15) is 28.0 Å². The van der Waals surface area contributed by atoms with Gasteiger partial charge < -0.3 is 9.80 Å². The Morgan fingerprint density at radius 3 is 2.79 bits per heavy atom. The minimum Gasteiger partial charge on any atom is -0.353 e. The van der Waals surface area contributed by atoms with Gasteiger partial charge in [-0.3, -0.25) is 9.59 Å². The average Bonchev–Trinajstić information content (AvgIpc) is 3.37. The number of hydrogen-bond acceptors (Lipinski definition) is 6. The maximum absolute atomic E-state index is 14.7. The van der Waals surface area contributed by atoms with Crippen molar-refractivity contribution in [3.05, 3.63) is 93.8 Å². The first-order valence-corrected chi connectivity index (χ1v) is 11.1. The Labute approximate surface area is 195 Å². The van der Waals surface area contributed by atoms with Gasteiger partial charge in [0, 0.05) is 44.2 Å². The molecule has 0 spiro atoms. The van der Waals surface area contributed by atoms with Gasteiger partial charge >= 0.3 is 0 Å². The average molecular weight is 458 g/mol. The van der Waals surface area contributed by atoms with Crippen LogP contribution < -0.4 is 10.5 Å². The number of hydrogen-bond donors (Lipinski definition) is 1. The summed E-state index contributed by atoms with van der Waals surface area (Å²) >= 11 is 0. The highest BCUT2D eigenvalue weighted by molar-refractivity contribution is 5.95. The molecule has 1 unspecified atom stereocenters. The fraction of sp³-hybridized carbons (Fsp3) is 0.240. The Morgan fingerprint density at radius 2 is 2.00 bits per heavy atom. The summed E-state index contributed by atoms with van der Waals surface area (Å²) in [6.07, 6.45) is 2.73. The number of carbonyl (C=O) groups excluding carboxylic acids is 1. The first kappa shape index (κ1) is 21.7. The Morgan fingerprint density at radius 1 is 1.18 bits per heavy atom. The van der Waals surface area contributed by atoms with Crippen LogP contribution in [0.5, 0.6) is 0 Å². The van der Waals surface area contributed by atoms with Gasteiger partial charge in [0.25, 0.3) is 11.5 Å². The van der Waals surface area contributed by atoms with E-state index in [2.05, 4.69) is 20.4 Å². The third kappa shape index (κ3) is 4.12. The number of likely N-dealkylation sites (N-methyl/N-ethyl adjacent to an activating group) is 1. The zero-order valence-corrected chi connectivity index (χ0v) is 18.6. The lowest BCUT2D eigenvalue weighted by atomic mass is 10.0. The van der Waals surface area contributed by atoms with E-state index in [0.717, 1.165) is 23.2 Å². The van der Waals surface area contributed by atoms with Crippen LogP contribution in [-0.2, 0) is 6.42 Å². The molecule has 8 nitrogen and oxygen atoms in total. The summed E-state index contributed by atoms with van der Waals surface area (Å²) in [7, 11) is 1.92. The van der Waals surface area contributed by atoms with E-state index in [9.17, 15) is 14.0 Å². The van der Waals surface area contributed by atoms with Crippen molar-refractivity contribution in [2.45, 2.75) is 18.9 Å². The molecule has 0 saturated carbocycles. The number of anilines is 1. The fourth-order valence-corrected chi connectivity index (χ4v) is 4.43. The highest BCUT2D eigenvalue weighted by Crippen LogP contribution is 2.23. The van der Waals surface area contributed by atoms with E-state index < -0.39 is 5.82 Å². The van der Waals surface area contributed by atoms with Gasteiger partial charge in [0.05, 0.1) is 16.6 Å². The molecular weight excluding hydrogens is 435 g/mol. The van der Waals surface area contributed by atoms with E-state index in [1.165, 1.54) is 6.07 Å². The van der Waals surface area contributed by atoms with Gasteiger partial charge in [-0.05, 0) is 42.3 Å². The lowest BCUT2D eigenvalue weighted by Gasteiger charge is -2.25. The molecule has 1 amide bonds. The summed E-state index contributed by atoms with van der Waals surface area (Å²) in [5.74, 6) is -0.164. The highest BCUT2D eigenvalue weighted by atomic mass is 19.1. The number of carbonyl (C=O) groups is 1. The molecule has 2 aromatic heterocycles. The minimum atomic E-state index is -0.557. The van der Waals surface area contributed by atoms with E-state index in [0.29, 0.717) is 30.6 Å². The molecule has 1 aliphatic heterocycles. The second-order valence-corrected chi connectivity index (χ2v) is 8.42. The number of nitrogens with zero attached hydrogens (tertiary/aromatic N) is 5. The number of rotatable bonds is 5. The number of likely N-dealkylation sites (tertiary alicyclic amines) is 1. The minimum absolute atomic E-state index is 0.0361. The number of halogens is 1. The molecule has 1 saturated heterocycles. The highest BCUT2D eigenvalue weighted by Gasteiger charge is 2.31. The quantitative estimate of drug-likeness (QED) is 0.494. The van der Waals surface area contributed by atoms with Gasteiger partial charge in [-0.1, -0.05) is 24.3 Å². The first-order valence-electron chi connectivity index (χ1n) is 11.1. The maximum atomic E-state index is 14.7. The van der Waals surface area contributed by atoms with Gasteiger partial charge in [-0.2, -0.15) is 10.2 Å². The third-order valence-electron chi connectivity index (χ3n) is 6.33. The number of aromatic amines is 1. The van der Waals surface area contributed by atoms with Crippen LogP contribution in [0.15, 0.2) is 65.6 Å². The monoisotopic (exact) mass is 458 g/mol. The lowest BCUT2D eigenvalue weighted by Crippen LogP contribution is -2.37. The molecule has 1 atom stereocenters. The topological polar surface area (TPSA) is 95.1 Å². The first-order chi connectivity index (χ1) is 16.5. The van der Waals surface area contributed by atoms with Crippen LogP contribution in [0, 0.1) is 5.82 Å². The van der Waals surface area contributed by atoms with E-state index in [1.807, 2.05) is 36.2 Å². The van der Waals surface area contributed by atoms with Crippen molar-refractivity contribution in [3.8, 4) is 0 Å². The Kier molecular flexibility index (Phi) is 5.75. The van der Waals surface area contributed by atoms with Crippen LogP contribution in [0.2, 0.25) is 0 Å². The van der Waals surface area contributed by atoms with Gasteiger partial charge in [-0.15, -0.1) is 5.10 Å². The molecule has 9 heteroatoms. The molecular formula is C25H23FN6O2. The normalized spacial score (nSPS) is 15.6. The van der Waals surface area contributed by atoms with E-state index in [-0.39, 0.29) is 23.1 Å². The van der Waals surface area contributed by atoms with Crippen LogP contribution >= 0.6 is 0 Å². The number of H-pyrrole nitrogens is 1. The SMILES string of the molecule is CN(c1cccnn1)C1CCN(C(=O)c2cc(Cc3n[nH]c(=O)c4ccccc34)ccc2F)C1. The van der Waals surface area contributed by atoms with Gasteiger partial charge in [0.2, 0.25) is 0 Å². The molecule has 34 heavy (non-hydrogen) atoms. The van der Waals surface area contributed by atoms with Crippen LogP contribution in [0.25, 0.3) is 10.8 Å². The lowest BCUT2D eigenvalue weighted by molar-refractivity contribution is 0.0786. The van der Waals surface area contributed by atoms with Crippen molar-refractivity contribution >= 4 is 22.5 Å². The molecule has 0 bridgehead atoms. The predicted octanol–water partition coefficient (Wildman–Crippen LogP) is 2.79. The molecule has 5 rings (SSSR count). The third-order valence-corrected chi connectivity index (χ3v) is 6.33. The van der Waals surface area contributed by atoms with E-state index >= 15 is 0 Å². The summed E-state index contributed by atoms with van der Waals surface area (Å²) in [6, 6.07) is 15.5. The molecule has 0 radical (unpaired) electrons. The zero-order chi connectivity index (χ0) is 23.7. The Balaban J connectivity index is 1.36. The summed E-state index contributed by atoms with van der Waals surface area (Å²) < 4.78 is 14.7. The number of nitrogens with one attached hydrogen (secondary N) is 1. The van der Waals surface area contributed by atoms with E-state index in [1.54, 1.807) is 35.4 Å². The number of aromatic nitrogens is 4. The van der Waals surface area contributed by atoms with Crippen LogP contribution in [0.3, 0.4) is 0 Å². The second-order valence-electron chi connectivity index (χ2n) is 8.42. The summed E-state index contributed by atoms with van der Waals surface area (Å²) in [5.41, 5.74) is 1.17. The largest absolute Gasteiger partial charge is 0.353 e. The maximum Gasteiger partial charge on any atom is 0.272 e. The Bertz CT molecular complexity index is 1410. The molecule has 3 heterocycles. The standard InChI is InChI=1S/C25H23FN6O2/c1-31(23-7-4-11-27-29-23)17-10-12-32(15-17)25(34)20-13-16(8-9-21(20)26)14-22-18-5-2-3-6-19(18)24(33)30-28-22/h2-9,11,13,17H,10,12,14-15H2,1H3,(H,30,33). The summed E-state index contributed by atoms with van der Waals surface area (Å²) in [4.78, 5) is 28.9. The summed E-state index contributed by atoms with van der Waals surface area (Å²) in [6.45, 7) is 1.01. The van der Waals surface area contributed by atoms with Crippen LogP contribution in [0.4, 0.5) is 10.2 Å². The van der Waals surface area contributed by atoms with E-state index in [4.69, 9.17) is 0 Å². The van der Waals surface area contributed by atoms with Crippen molar-refractivity contribution in [1.82, 2.24) is 25.3 Å². The van der Waals surface area contributed by atoms with Crippen molar-refractivity contribution < 1.29 is 9.18 Å². The zero-order valence-electron chi connectivity index (χ0n) is 18.6. The molecule has 1 aliphatic rings. The smallest absolute Gasteiger partial charge is 0.272 e. The van der Waals surface area contributed by atoms with Crippen LogP contribution in [-0.4, -0.2) is 57.4 Å². The van der Waals surface area contributed by atoms with Gasteiger partial charge in [0.1, 0.15) is 5.82 Å². The number of fused-ring (bicyclic) bond motifs is 1. The molecule has 172 valence electrons. The number of amides is 1. The van der Waals surface area contributed by atoms with Crippen molar-refractivity contribution in [2.75, 3.05) is 25.0 Å². The Hall–Kier alpha value is -4.14.